The molecule has 0 radical (unpaired) electrons. The summed E-state index contributed by atoms with van der Waals surface area (Å²) in [5.74, 6) is -0.725. The molecule has 0 atom stereocenters. The van der Waals surface area contributed by atoms with Crippen molar-refractivity contribution in [1.29, 1.82) is 0 Å². The summed E-state index contributed by atoms with van der Waals surface area (Å²) in [4.78, 5) is 40.2. The number of carbonyl (C=O) groups is 3. The van der Waals surface area contributed by atoms with E-state index in [1.165, 1.54) is 30.6 Å². The van der Waals surface area contributed by atoms with Gasteiger partial charge in [-0.2, -0.15) is 0 Å². The van der Waals surface area contributed by atoms with Crippen LogP contribution in [0.3, 0.4) is 0 Å². The standard InChI is InChI=1S/C20H27N3O3/c24-18(21-11-7-14-22-12-5-1-2-6-13-22)10-15-23-19(25)16-8-3-4-9-17(16)20(23)26/h3-4,8-9H,1-2,5-7,10-15H2,(H,21,24). The van der Waals surface area contributed by atoms with E-state index < -0.39 is 0 Å². The molecule has 1 fully saturated rings. The number of hydrogen-bond acceptors (Lipinski definition) is 4. The Morgan fingerprint density at radius 3 is 2.15 bits per heavy atom. The average Bonchev–Trinajstić information content (AvgIpc) is 2.83. The Hall–Kier alpha value is -2.21. The molecule has 2 aliphatic rings. The molecule has 6 nitrogen and oxygen atoms in total. The second-order valence-corrected chi connectivity index (χ2v) is 7.02. The number of nitrogens with zero attached hydrogens (tertiary/aromatic N) is 2. The lowest BCUT2D eigenvalue weighted by Crippen LogP contribution is -2.35. The summed E-state index contributed by atoms with van der Waals surface area (Å²) >= 11 is 0. The highest BCUT2D eigenvalue weighted by Gasteiger charge is 2.34. The predicted octanol–water partition coefficient (Wildman–Crippen LogP) is 2.05. The van der Waals surface area contributed by atoms with Gasteiger partial charge in [-0.05, 0) is 51.0 Å². The van der Waals surface area contributed by atoms with Crippen molar-refractivity contribution in [3.05, 3.63) is 35.4 Å². The maximum Gasteiger partial charge on any atom is 0.261 e. The van der Waals surface area contributed by atoms with Gasteiger partial charge in [-0.25, -0.2) is 0 Å². The maximum absolute atomic E-state index is 12.3. The Morgan fingerprint density at radius 2 is 1.54 bits per heavy atom. The zero-order valence-corrected chi connectivity index (χ0v) is 15.2. The first-order valence-corrected chi connectivity index (χ1v) is 9.61. The number of likely N-dealkylation sites (tertiary alicyclic amines) is 1. The number of carbonyl (C=O) groups excluding carboxylic acids is 3. The smallest absolute Gasteiger partial charge is 0.261 e. The molecule has 0 unspecified atom stereocenters. The minimum absolute atomic E-state index is 0.113. The average molecular weight is 357 g/mol. The summed E-state index contributed by atoms with van der Waals surface area (Å²) in [5, 5.41) is 2.90. The van der Waals surface area contributed by atoms with Crippen molar-refractivity contribution in [3.63, 3.8) is 0 Å². The molecule has 1 N–H and O–H groups in total. The Kier molecular flexibility index (Phi) is 6.39. The van der Waals surface area contributed by atoms with Gasteiger partial charge in [-0.1, -0.05) is 25.0 Å². The zero-order chi connectivity index (χ0) is 18.4. The first-order valence-electron chi connectivity index (χ1n) is 9.61. The number of benzene rings is 1. The van der Waals surface area contributed by atoms with Crippen LogP contribution in [0.15, 0.2) is 24.3 Å². The van der Waals surface area contributed by atoms with Crippen molar-refractivity contribution in [2.75, 3.05) is 32.7 Å². The first-order chi connectivity index (χ1) is 12.7. The highest BCUT2D eigenvalue weighted by atomic mass is 16.2. The van der Waals surface area contributed by atoms with E-state index in [9.17, 15) is 14.4 Å². The normalized spacial score (nSPS) is 17.9. The summed E-state index contributed by atoms with van der Waals surface area (Å²) in [7, 11) is 0. The zero-order valence-electron chi connectivity index (χ0n) is 15.2. The van der Waals surface area contributed by atoms with Gasteiger partial charge in [0.2, 0.25) is 5.91 Å². The van der Waals surface area contributed by atoms with Gasteiger partial charge in [0.1, 0.15) is 0 Å². The number of hydrogen-bond donors (Lipinski definition) is 1. The summed E-state index contributed by atoms with van der Waals surface area (Å²) in [6, 6.07) is 6.78. The molecule has 0 aliphatic carbocycles. The number of rotatable bonds is 7. The van der Waals surface area contributed by atoms with Gasteiger partial charge < -0.3 is 10.2 Å². The first kappa shape index (κ1) is 18.6. The molecule has 6 heteroatoms. The van der Waals surface area contributed by atoms with E-state index in [-0.39, 0.29) is 30.7 Å². The van der Waals surface area contributed by atoms with Gasteiger partial charge in [0, 0.05) is 19.5 Å². The Bertz CT molecular complexity index is 631. The molecule has 0 saturated carbocycles. The Labute approximate surface area is 154 Å². The molecular formula is C20H27N3O3. The van der Waals surface area contributed by atoms with Gasteiger partial charge in [0.05, 0.1) is 11.1 Å². The van der Waals surface area contributed by atoms with E-state index in [4.69, 9.17) is 0 Å². The number of fused-ring (bicyclic) bond motifs is 1. The van der Waals surface area contributed by atoms with Crippen LogP contribution in [0.4, 0.5) is 0 Å². The third-order valence-corrected chi connectivity index (χ3v) is 5.11. The molecule has 3 rings (SSSR count). The van der Waals surface area contributed by atoms with Gasteiger partial charge in [0.15, 0.2) is 0 Å². The van der Waals surface area contributed by atoms with Crippen LogP contribution < -0.4 is 5.32 Å². The summed E-state index contributed by atoms with van der Waals surface area (Å²) < 4.78 is 0. The molecule has 3 amide bonds. The summed E-state index contributed by atoms with van der Waals surface area (Å²) in [6.07, 6.45) is 6.27. The fourth-order valence-electron chi connectivity index (χ4n) is 3.63. The van der Waals surface area contributed by atoms with E-state index in [0.29, 0.717) is 17.7 Å². The quantitative estimate of drug-likeness (QED) is 0.599. The third-order valence-electron chi connectivity index (χ3n) is 5.11. The minimum Gasteiger partial charge on any atom is -0.356 e. The second-order valence-electron chi connectivity index (χ2n) is 7.02. The summed E-state index contributed by atoms with van der Waals surface area (Å²) in [6.45, 7) is 4.10. The van der Waals surface area contributed by atoms with Crippen molar-refractivity contribution in [2.45, 2.75) is 38.5 Å². The largest absolute Gasteiger partial charge is 0.356 e. The molecule has 1 aromatic carbocycles. The molecule has 0 bridgehead atoms. The monoisotopic (exact) mass is 357 g/mol. The highest BCUT2D eigenvalue weighted by Crippen LogP contribution is 2.22. The maximum atomic E-state index is 12.3. The molecule has 2 aliphatic heterocycles. The predicted molar refractivity (Wildman–Crippen MR) is 99.0 cm³/mol. The van der Waals surface area contributed by atoms with Gasteiger partial charge in [-0.3, -0.25) is 19.3 Å². The molecule has 2 heterocycles. The molecular weight excluding hydrogens is 330 g/mol. The number of amides is 3. The molecule has 26 heavy (non-hydrogen) atoms. The Balaban J connectivity index is 1.36. The lowest BCUT2D eigenvalue weighted by atomic mass is 10.1. The van der Waals surface area contributed by atoms with Crippen LogP contribution >= 0.6 is 0 Å². The van der Waals surface area contributed by atoms with Crippen LogP contribution in [0.25, 0.3) is 0 Å². The third kappa shape index (κ3) is 4.49. The van der Waals surface area contributed by atoms with Crippen molar-refractivity contribution in [2.24, 2.45) is 0 Å². The van der Waals surface area contributed by atoms with Crippen molar-refractivity contribution in [3.8, 4) is 0 Å². The topological polar surface area (TPSA) is 69.7 Å². The van der Waals surface area contributed by atoms with E-state index in [2.05, 4.69) is 10.2 Å². The molecule has 0 spiro atoms. The highest BCUT2D eigenvalue weighted by molar-refractivity contribution is 6.21. The number of imide groups is 1. The SMILES string of the molecule is O=C(CCN1C(=O)c2ccccc2C1=O)NCCCN1CCCCCC1. The molecule has 0 aromatic heterocycles. The van der Waals surface area contributed by atoms with Gasteiger partial charge >= 0.3 is 0 Å². The minimum atomic E-state index is -0.306. The van der Waals surface area contributed by atoms with Crippen molar-refractivity contribution >= 4 is 17.7 Å². The number of nitrogens with one attached hydrogen (secondary N) is 1. The van der Waals surface area contributed by atoms with Crippen molar-refractivity contribution in [1.82, 2.24) is 15.1 Å². The fraction of sp³-hybridized carbons (Fsp3) is 0.550. The van der Waals surface area contributed by atoms with Crippen LogP contribution in [0.2, 0.25) is 0 Å². The van der Waals surface area contributed by atoms with Gasteiger partial charge in [0.25, 0.3) is 11.8 Å². The lowest BCUT2D eigenvalue weighted by Gasteiger charge is -2.19. The molecule has 1 aromatic rings. The fourth-order valence-corrected chi connectivity index (χ4v) is 3.63. The molecule has 140 valence electrons. The van der Waals surface area contributed by atoms with Crippen LogP contribution in [0.5, 0.6) is 0 Å². The Morgan fingerprint density at radius 1 is 0.923 bits per heavy atom. The van der Waals surface area contributed by atoms with Crippen molar-refractivity contribution < 1.29 is 14.4 Å². The lowest BCUT2D eigenvalue weighted by molar-refractivity contribution is -0.121. The van der Waals surface area contributed by atoms with Crippen LogP contribution in [-0.4, -0.2) is 60.2 Å². The summed E-state index contributed by atoms with van der Waals surface area (Å²) in [5.41, 5.74) is 0.853. The molecule has 1 saturated heterocycles. The second kappa shape index (κ2) is 8.94. The van der Waals surface area contributed by atoms with E-state index >= 15 is 0 Å². The van der Waals surface area contributed by atoms with E-state index in [1.54, 1.807) is 24.3 Å². The van der Waals surface area contributed by atoms with Crippen LogP contribution in [0, 0.1) is 0 Å². The van der Waals surface area contributed by atoms with E-state index in [0.717, 1.165) is 26.1 Å². The van der Waals surface area contributed by atoms with Crippen LogP contribution in [0.1, 0.15) is 59.2 Å². The van der Waals surface area contributed by atoms with Gasteiger partial charge in [-0.15, -0.1) is 0 Å². The van der Waals surface area contributed by atoms with Crippen LogP contribution in [-0.2, 0) is 4.79 Å². The van der Waals surface area contributed by atoms with E-state index in [1.807, 2.05) is 0 Å².